The second-order valence-electron chi connectivity index (χ2n) is 3.88. The molecule has 0 spiro atoms. The van der Waals surface area contributed by atoms with Crippen LogP contribution in [0.25, 0.3) is 10.9 Å². The second kappa shape index (κ2) is 3.08. The molecule has 0 unspecified atom stereocenters. The summed E-state index contributed by atoms with van der Waals surface area (Å²) in [7, 11) is 0. The van der Waals surface area contributed by atoms with Crippen molar-refractivity contribution < 1.29 is 4.39 Å². The van der Waals surface area contributed by atoms with Crippen molar-refractivity contribution in [1.29, 1.82) is 0 Å². The van der Waals surface area contributed by atoms with Crippen molar-refractivity contribution in [3.63, 3.8) is 0 Å². The number of aryl methyl sites for hydroxylation is 1. The monoisotopic (exact) mass is 192 g/mol. The Bertz CT molecular complexity index is 471. The quantitative estimate of drug-likeness (QED) is 0.738. The molecule has 0 radical (unpaired) electrons. The SMILES string of the molecule is Cc1n[nH]c2cc(F)c(C(C)C)cc12. The molecule has 1 heterocycles. The predicted molar refractivity (Wildman–Crippen MR) is 54.9 cm³/mol. The Balaban J connectivity index is 2.74. The van der Waals surface area contributed by atoms with Gasteiger partial charge in [-0.25, -0.2) is 4.39 Å². The Hall–Kier alpha value is -1.38. The Morgan fingerprint density at radius 2 is 2.07 bits per heavy atom. The molecule has 14 heavy (non-hydrogen) atoms. The molecule has 3 heteroatoms. The molecule has 0 aliphatic carbocycles. The number of hydrogen-bond acceptors (Lipinski definition) is 1. The third-order valence-electron chi connectivity index (χ3n) is 2.49. The Labute approximate surface area is 82.1 Å². The maximum Gasteiger partial charge on any atom is 0.128 e. The summed E-state index contributed by atoms with van der Waals surface area (Å²) in [6.45, 7) is 5.89. The highest BCUT2D eigenvalue weighted by Crippen LogP contribution is 2.25. The van der Waals surface area contributed by atoms with E-state index in [0.717, 1.165) is 22.2 Å². The van der Waals surface area contributed by atoms with Crippen molar-refractivity contribution in [2.75, 3.05) is 0 Å². The molecule has 2 rings (SSSR count). The number of halogens is 1. The van der Waals surface area contributed by atoms with Gasteiger partial charge in [0.05, 0.1) is 11.2 Å². The van der Waals surface area contributed by atoms with Crippen molar-refractivity contribution in [2.24, 2.45) is 0 Å². The van der Waals surface area contributed by atoms with Crippen LogP contribution in [0.2, 0.25) is 0 Å². The molecular formula is C11H13FN2. The highest BCUT2D eigenvalue weighted by molar-refractivity contribution is 5.82. The summed E-state index contributed by atoms with van der Waals surface area (Å²) in [6, 6.07) is 3.40. The number of nitrogens with zero attached hydrogens (tertiary/aromatic N) is 1. The second-order valence-corrected chi connectivity index (χ2v) is 3.88. The minimum Gasteiger partial charge on any atom is -0.277 e. The fourth-order valence-electron chi connectivity index (χ4n) is 1.63. The smallest absolute Gasteiger partial charge is 0.128 e. The lowest BCUT2D eigenvalue weighted by atomic mass is 10.0. The zero-order chi connectivity index (χ0) is 10.3. The molecule has 0 aliphatic rings. The summed E-state index contributed by atoms with van der Waals surface area (Å²) in [5, 5.41) is 7.86. The topological polar surface area (TPSA) is 28.7 Å². The third kappa shape index (κ3) is 1.29. The van der Waals surface area contributed by atoms with Crippen LogP contribution in [0.4, 0.5) is 4.39 Å². The molecule has 0 aliphatic heterocycles. The van der Waals surface area contributed by atoms with E-state index in [1.54, 1.807) is 0 Å². The summed E-state index contributed by atoms with van der Waals surface area (Å²) in [5.41, 5.74) is 2.44. The first-order valence-corrected chi connectivity index (χ1v) is 4.73. The van der Waals surface area contributed by atoms with E-state index < -0.39 is 0 Å². The molecule has 2 aromatic rings. The van der Waals surface area contributed by atoms with E-state index in [4.69, 9.17) is 0 Å². The normalized spacial score (nSPS) is 11.5. The van der Waals surface area contributed by atoms with Gasteiger partial charge in [0.25, 0.3) is 0 Å². The van der Waals surface area contributed by atoms with Crippen LogP contribution >= 0.6 is 0 Å². The number of hydrogen-bond donors (Lipinski definition) is 1. The summed E-state index contributed by atoms with van der Waals surface area (Å²) >= 11 is 0. The van der Waals surface area contributed by atoms with E-state index in [-0.39, 0.29) is 11.7 Å². The Kier molecular flexibility index (Phi) is 2.02. The summed E-state index contributed by atoms with van der Waals surface area (Å²) in [5.74, 6) is 0.0462. The maximum atomic E-state index is 13.5. The predicted octanol–water partition coefficient (Wildman–Crippen LogP) is 3.13. The molecule has 0 atom stereocenters. The molecule has 0 saturated carbocycles. The average molecular weight is 192 g/mol. The van der Waals surface area contributed by atoms with Crippen LogP contribution in [0.3, 0.4) is 0 Å². The van der Waals surface area contributed by atoms with Gasteiger partial charge in [0.2, 0.25) is 0 Å². The molecular weight excluding hydrogens is 179 g/mol. The van der Waals surface area contributed by atoms with Gasteiger partial charge < -0.3 is 0 Å². The number of H-pyrrole nitrogens is 1. The van der Waals surface area contributed by atoms with E-state index in [9.17, 15) is 4.39 Å². The molecule has 74 valence electrons. The van der Waals surface area contributed by atoms with Gasteiger partial charge in [0, 0.05) is 5.39 Å². The third-order valence-corrected chi connectivity index (χ3v) is 2.49. The van der Waals surface area contributed by atoms with Gasteiger partial charge in [-0.15, -0.1) is 0 Å². The average Bonchev–Trinajstić information content (AvgIpc) is 2.46. The van der Waals surface area contributed by atoms with Crippen molar-refractivity contribution >= 4 is 10.9 Å². The van der Waals surface area contributed by atoms with Crippen LogP contribution in [-0.4, -0.2) is 10.2 Å². The van der Waals surface area contributed by atoms with E-state index in [0.29, 0.717) is 0 Å². The molecule has 0 bridgehead atoms. The maximum absolute atomic E-state index is 13.5. The molecule has 2 nitrogen and oxygen atoms in total. The van der Waals surface area contributed by atoms with Crippen LogP contribution in [0.5, 0.6) is 0 Å². The number of aromatic amines is 1. The van der Waals surface area contributed by atoms with Gasteiger partial charge in [-0.05, 0) is 30.5 Å². The summed E-state index contributed by atoms with van der Waals surface area (Å²) < 4.78 is 13.5. The molecule has 0 saturated heterocycles. The summed E-state index contributed by atoms with van der Waals surface area (Å²) in [6.07, 6.45) is 0. The fraction of sp³-hybridized carbons (Fsp3) is 0.364. The minimum absolute atomic E-state index is 0.156. The zero-order valence-electron chi connectivity index (χ0n) is 8.56. The number of rotatable bonds is 1. The van der Waals surface area contributed by atoms with Gasteiger partial charge in [0.15, 0.2) is 0 Å². The number of benzene rings is 1. The first-order chi connectivity index (χ1) is 6.59. The van der Waals surface area contributed by atoms with Crippen molar-refractivity contribution in [3.05, 3.63) is 29.2 Å². The number of aromatic nitrogens is 2. The van der Waals surface area contributed by atoms with Crippen LogP contribution < -0.4 is 0 Å². The number of fused-ring (bicyclic) bond motifs is 1. The first kappa shape index (κ1) is 9.19. The van der Waals surface area contributed by atoms with E-state index >= 15 is 0 Å². The van der Waals surface area contributed by atoms with Gasteiger partial charge in [-0.1, -0.05) is 13.8 Å². The molecule has 0 fully saturated rings. The van der Waals surface area contributed by atoms with Crippen LogP contribution in [0.15, 0.2) is 12.1 Å². The lowest BCUT2D eigenvalue weighted by Crippen LogP contribution is -1.92. The van der Waals surface area contributed by atoms with Crippen LogP contribution in [-0.2, 0) is 0 Å². The minimum atomic E-state index is -0.156. The molecule has 1 aromatic heterocycles. The Morgan fingerprint density at radius 1 is 1.36 bits per heavy atom. The molecule has 1 N–H and O–H groups in total. The van der Waals surface area contributed by atoms with Gasteiger partial charge in [-0.3, -0.25) is 5.10 Å². The lowest BCUT2D eigenvalue weighted by molar-refractivity contribution is 0.600. The van der Waals surface area contributed by atoms with Gasteiger partial charge in [-0.2, -0.15) is 5.10 Å². The zero-order valence-corrected chi connectivity index (χ0v) is 8.56. The van der Waals surface area contributed by atoms with E-state index in [1.807, 2.05) is 26.8 Å². The fourth-order valence-corrected chi connectivity index (χ4v) is 1.63. The molecule has 0 amide bonds. The standard InChI is InChI=1S/C11H13FN2/c1-6(2)8-4-9-7(3)13-14-11(9)5-10(8)12/h4-6H,1-3H3,(H,13,14). The van der Waals surface area contributed by atoms with Gasteiger partial charge >= 0.3 is 0 Å². The highest BCUT2D eigenvalue weighted by atomic mass is 19.1. The van der Waals surface area contributed by atoms with E-state index in [2.05, 4.69) is 10.2 Å². The van der Waals surface area contributed by atoms with Crippen LogP contribution in [0, 0.1) is 12.7 Å². The first-order valence-electron chi connectivity index (χ1n) is 4.73. The van der Waals surface area contributed by atoms with Crippen molar-refractivity contribution in [1.82, 2.24) is 10.2 Å². The highest BCUT2D eigenvalue weighted by Gasteiger charge is 2.10. The van der Waals surface area contributed by atoms with Crippen molar-refractivity contribution in [2.45, 2.75) is 26.7 Å². The lowest BCUT2D eigenvalue weighted by Gasteiger charge is -2.06. The Morgan fingerprint density at radius 3 is 2.71 bits per heavy atom. The van der Waals surface area contributed by atoms with Crippen molar-refractivity contribution in [3.8, 4) is 0 Å². The summed E-state index contributed by atoms with van der Waals surface area (Å²) in [4.78, 5) is 0. The van der Waals surface area contributed by atoms with Gasteiger partial charge in [0.1, 0.15) is 5.82 Å². The largest absolute Gasteiger partial charge is 0.277 e. The number of nitrogens with one attached hydrogen (secondary N) is 1. The van der Waals surface area contributed by atoms with E-state index in [1.165, 1.54) is 6.07 Å². The van der Waals surface area contributed by atoms with Crippen LogP contribution in [0.1, 0.15) is 31.0 Å². The molecule has 1 aromatic carbocycles.